The van der Waals surface area contributed by atoms with Crippen LogP contribution in [0.4, 0.5) is 0 Å². The first kappa shape index (κ1) is 12.2. The molecule has 0 N–H and O–H groups in total. The second-order valence-electron chi connectivity index (χ2n) is 4.63. The predicted octanol–water partition coefficient (Wildman–Crippen LogP) is 4.87. The Morgan fingerprint density at radius 1 is 0.556 bits per heavy atom. The minimum atomic E-state index is 1.11. The molecule has 0 nitrogen and oxygen atoms in total. The van der Waals surface area contributed by atoms with Crippen LogP contribution < -0.4 is 0 Å². The van der Waals surface area contributed by atoms with E-state index in [1.165, 1.54) is 22.3 Å². The van der Waals surface area contributed by atoms with Crippen LogP contribution in [0.1, 0.15) is 22.3 Å². The van der Waals surface area contributed by atoms with Crippen LogP contribution in [0.25, 0.3) is 0 Å². The molecule has 0 amide bonds. The van der Waals surface area contributed by atoms with Crippen LogP contribution in [0.15, 0.2) is 48.5 Å². The lowest BCUT2D eigenvalue weighted by molar-refractivity contribution is 1.28. The van der Waals surface area contributed by atoms with Gasteiger partial charge in [-0.1, -0.05) is 48.5 Å². The van der Waals surface area contributed by atoms with Crippen LogP contribution in [0, 0.1) is 0 Å². The molecule has 3 rings (SSSR count). The van der Waals surface area contributed by atoms with Crippen LogP contribution in [0.3, 0.4) is 0 Å². The number of rotatable bonds is 0. The van der Waals surface area contributed by atoms with Crippen LogP contribution >= 0.6 is 23.5 Å². The van der Waals surface area contributed by atoms with Crippen molar-refractivity contribution in [2.24, 2.45) is 0 Å². The molecule has 1 aliphatic heterocycles. The summed E-state index contributed by atoms with van der Waals surface area (Å²) in [6.45, 7) is 0. The van der Waals surface area contributed by atoms with E-state index < -0.39 is 0 Å². The summed E-state index contributed by atoms with van der Waals surface area (Å²) in [5.41, 5.74) is 5.81. The molecule has 2 heteroatoms. The number of thioether (sulfide) groups is 2. The number of hydrogen-bond donors (Lipinski definition) is 0. The fourth-order valence-electron chi connectivity index (χ4n) is 2.19. The Kier molecular flexibility index (Phi) is 3.96. The average Bonchev–Trinajstić information content (AvgIpc) is 2.39. The first-order valence-electron chi connectivity index (χ1n) is 6.21. The van der Waals surface area contributed by atoms with Gasteiger partial charge >= 0.3 is 0 Å². The molecule has 0 aliphatic carbocycles. The fourth-order valence-corrected chi connectivity index (χ4v) is 4.06. The Bertz CT molecular complexity index is 446. The smallest absolute Gasteiger partial charge is 0.0188 e. The van der Waals surface area contributed by atoms with Crippen molar-refractivity contribution in [3.63, 3.8) is 0 Å². The topological polar surface area (TPSA) is 0 Å². The Balaban J connectivity index is 1.84. The van der Waals surface area contributed by atoms with Crippen molar-refractivity contribution in [3.05, 3.63) is 70.8 Å². The van der Waals surface area contributed by atoms with E-state index in [0.717, 1.165) is 23.0 Å². The SMILES string of the molecule is c1cc2cc(c1)CSCc1cccc(c1)CSC2. The molecule has 2 aromatic rings. The first-order chi connectivity index (χ1) is 8.90. The molecule has 2 aromatic carbocycles. The van der Waals surface area contributed by atoms with E-state index in [0.29, 0.717) is 0 Å². The van der Waals surface area contributed by atoms with Crippen molar-refractivity contribution in [2.75, 3.05) is 0 Å². The van der Waals surface area contributed by atoms with Gasteiger partial charge in [0.15, 0.2) is 0 Å². The van der Waals surface area contributed by atoms with Gasteiger partial charge in [0.25, 0.3) is 0 Å². The quantitative estimate of drug-likeness (QED) is 0.671. The van der Waals surface area contributed by atoms with Crippen LogP contribution in [-0.4, -0.2) is 0 Å². The largest absolute Gasteiger partial charge is 0.152 e. The summed E-state index contributed by atoms with van der Waals surface area (Å²) in [5, 5.41) is 0. The Morgan fingerprint density at radius 3 is 1.22 bits per heavy atom. The molecule has 0 radical (unpaired) electrons. The van der Waals surface area contributed by atoms with Gasteiger partial charge in [0, 0.05) is 23.0 Å². The molecular weight excluding hydrogens is 256 g/mol. The lowest BCUT2D eigenvalue weighted by atomic mass is 10.2. The standard InChI is InChI=1S/C16H16S2/c1-3-13-7-14(4-1)10-18-12-16-6-2-5-15(8-16)11-17-9-13/h1-8H,9-12H2. The molecule has 0 saturated heterocycles. The third-order valence-corrected chi connectivity index (χ3v) is 5.21. The molecule has 4 bridgehead atoms. The van der Waals surface area contributed by atoms with E-state index in [-0.39, 0.29) is 0 Å². The Morgan fingerprint density at radius 2 is 0.889 bits per heavy atom. The van der Waals surface area contributed by atoms with Gasteiger partial charge in [-0.3, -0.25) is 0 Å². The Hall–Kier alpha value is -0.860. The zero-order valence-corrected chi connectivity index (χ0v) is 11.9. The maximum absolute atomic E-state index is 2.36. The van der Waals surface area contributed by atoms with E-state index in [1.54, 1.807) is 0 Å². The van der Waals surface area contributed by atoms with Gasteiger partial charge in [-0.15, -0.1) is 0 Å². The molecule has 0 aromatic heterocycles. The predicted molar refractivity (Wildman–Crippen MR) is 82.9 cm³/mol. The highest BCUT2D eigenvalue weighted by Crippen LogP contribution is 2.24. The average molecular weight is 272 g/mol. The van der Waals surface area contributed by atoms with E-state index in [9.17, 15) is 0 Å². The number of benzene rings is 2. The normalized spacial score (nSPS) is 15.6. The highest BCUT2D eigenvalue weighted by molar-refractivity contribution is 7.98. The molecule has 92 valence electrons. The van der Waals surface area contributed by atoms with Gasteiger partial charge in [0.05, 0.1) is 0 Å². The monoisotopic (exact) mass is 272 g/mol. The van der Waals surface area contributed by atoms with Crippen LogP contribution in [-0.2, 0) is 23.0 Å². The van der Waals surface area contributed by atoms with Gasteiger partial charge in [-0.05, 0) is 22.3 Å². The lowest BCUT2D eigenvalue weighted by Crippen LogP contribution is -1.91. The molecule has 0 atom stereocenters. The fraction of sp³-hybridized carbons (Fsp3) is 0.250. The van der Waals surface area contributed by atoms with E-state index >= 15 is 0 Å². The molecule has 1 aliphatic rings. The van der Waals surface area contributed by atoms with Gasteiger partial charge in [0.2, 0.25) is 0 Å². The van der Waals surface area contributed by atoms with E-state index in [4.69, 9.17) is 0 Å². The maximum atomic E-state index is 2.36. The minimum absolute atomic E-state index is 1.11. The van der Waals surface area contributed by atoms with Crippen LogP contribution in [0.2, 0.25) is 0 Å². The van der Waals surface area contributed by atoms with Gasteiger partial charge in [-0.25, -0.2) is 0 Å². The van der Waals surface area contributed by atoms with Gasteiger partial charge < -0.3 is 0 Å². The summed E-state index contributed by atoms with van der Waals surface area (Å²) in [4.78, 5) is 0. The van der Waals surface area contributed by atoms with Crippen LogP contribution in [0.5, 0.6) is 0 Å². The van der Waals surface area contributed by atoms with E-state index in [2.05, 4.69) is 48.5 Å². The second-order valence-corrected chi connectivity index (χ2v) is 6.60. The number of hydrogen-bond acceptors (Lipinski definition) is 2. The van der Waals surface area contributed by atoms with Crippen molar-refractivity contribution in [2.45, 2.75) is 23.0 Å². The molecule has 0 unspecified atom stereocenters. The maximum Gasteiger partial charge on any atom is 0.0188 e. The molecule has 0 fully saturated rings. The van der Waals surface area contributed by atoms with Crippen molar-refractivity contribution in [1.82, 2.24) is 0 Å². The summed E-state index contributed by atoms with van der Waals surface area (Å²) in [7, 11) is 0. The highest BCUT2D eigenvalue weighted by Gasteiger charge is 2.03. The summed E-state index contributed by atoms with van der Waals surface area (Å²) in [5.74, 6) is 4.46. The summed E-state index contributed by atoms with van der Waals surface area (Å²) in [6.07, 6.45) is 0. The Labute approximate surface area is 117 Å². The van der Waals surface area contributed by atoms with E-state index in [1.807, 2.05) is 23.5 Å². The third-order valence-electron chi connectivity index (χ3n) is 3.06. The first-order valence-corrected chi connectivity index (χ1v) is 8.52. The lowest BCUT2D eigenvalue weighted by Gasteiger charge is -2.09. The van der Waals surface area contributed by atoms with Crippen molar-refractivity contribution in [3.8, 4) is 0 Å². The highest BCUT2D eigenvalue weighted by atomic mass is 32.2. The van der Waals surface area contributed by atoms with Gasteiger partial charge in [-0.2, -0.15) is 23.5 Å². The second kappa shape index (κ2) is 5.85. The summed E-state index contributed by atoms with van der Waals surface area (Å²) >= 11 is 4.01. The minimum Gasteiger partial charge on any atom is -0.152 e. The molecule has 0 saturated carbocycles. The summed E-state index contributed by atoms with van der Waals surface area (Å²) in [6, 6.07) is 18.1. The van der Waals surface area contributed by atoms with Gasteiger partial charge in [0.1, 0.15) is 0 Å². The zero-order chi connectivity index (χ0) is 12.2. The zero-order valence-electron chi connectivity index (χ0n) is 10.3. The van der Waals surface area contributed by atoms with Crippen molar-refractivity contribution in [1.29, 1.82) is 0 Å². The van der Waals surface area contributed by atoms with Crippen molar-refractivity contribution < 1.29 is 0 Å². The molecule has 18 heavy (non-hydrogen) atoms. The van der Waals surface area contributed by atoms with Crippen molar-refractivity contribution >= 4 is 23.5 Å². The molecular formula is C16H16S2. The molecule has 1 heterocycles. The third kappa shape index (κ3) is 3.12. The molecule has 0 spiro atoms. The summed E-state index contributed by atoms with van der Waals surface area (Å²) < 4.78 is 0. The number of fused-ring (bicyclic) bond motifs is 4.